The molecule has 1 unspecified atom stereocenters. The van der Waals surface area contributed by atoms with E-state index < -0.39 is 34.6 Å². The molecule has 0 saturated carbocycles. The lowest BCUT2D eigenvalue weighted by Gasteiger charge is -2.37. The molecule has 1 aliphatic heterocycles. The average Bonchev–Trinajstić information content (AvgIpc) is 3.25. The lowest BCUT2D eigenvalue weighted by Crippen LogP contribution is -2.51. The molecule has 212 valence electrons. The van der Waals surface area contributed by atoms with Gasteiger partial charge in [-0.2, -0.15) is 0 Å². The van der Waals surface area contributed by atoms with Crippen molar-refractivity contribution in [1.29, 1.82) is 0 Å². The number of halogens is 5. The van der Waals surface area contributed by atoms with Crippen LogP contribution in [0.1, 0.15) is 31.2 Å². The van der Waals surface area contributed by atoms with Gasteiger partial charge < -0.3 is 15.5 Å². The number of anilines is 2. The highest BCUT2D eigenvalue weighted by Crippen LogP contribution is 2.36. The quantitative estimate of drug-likeness (QED) is 0.104. The van der Waals surface area contributed by atoms with Gasteiger partial charge >= 0.3 is 0 Å². The summed E-state index contributed by atoms with van der Waals surface area (Å²) in [7, 11) is 1.74. The Balaban J connectivity index is 1.61. The van der Waals surface area contributed by atoms with Crippen molar-refractivity contribution in [2.24, 2.45) is 5.84 Å². The third kappa shape index (κ3) is 5.92. The largest absolute Gasteiger partial charge is 0.337 e. The molecule has 1 fully saturated rings. The summed E-state index contributed by atoms with van der Waals surface area (Å²) in [6, 6.07) is 8.17. The summed E-state index contributed by atoms with van der Waals surface area (Å²) in [6.07, 6.45) is 6.23. The number of amides is 1. The minimum Gasteiger partial charge on any atom is -0.337 e. The van der Waals surface area contributed by atoms with E-state index >= 15 is 0 Å². The zero-order valence-electron chi connectivity index (χ0n) is 21.7. The summed E-state index contributed by atoms with van der Waals surface area (Å²) in [5.41, 5.74) is -0.245. The van der Waals surface area contributed by atoms with Crippen molar-refractivity contribution in [2.75, 3.05) is 30.2 Å². The number of unbranched alkanes of at least 4 members (excludes halogenated alkanes) is 1. The fourth-order valence-electron chi connectivity index (χ4n) is 4.88. The third-order valence-corrected chi connectivity index (χ3v) is 6.92. The van der Waals surface area contributed by atoms with Gasteiger partial charge in [-0.1, -0.05) is 6.08 Å². The third-order valence-electron chi connectivity index (χ3n) is 6.92. The zero-order valence-corrected chi connectivity index (χ0v) is 21.7. The number of carbonyl (C=O) groups excluding carboxylic acids is 1. The minimum absolute atomic E-state index is 0.0557. The molecule has 1 saturated heterocycles. The second-order valence-corrected chi connectivity index (χ2v) is 9.39. The maximum atomic E-state index is 14.8. The van der Waals surface area contributed by atoms with E-state index in [0.717, 1.165) is 29.3 Å². The molecule has 1 atom stereocenters. The van der Waals surface area contributed by atoms with Crippen LogP contribution in [0.5, 0.6) is 0 Å². The SMILES string of the molecule is CNCCC1(CCC/C=C(/c2cccnc2)N(N)c2cc(F)c(F)c(F)c2)C(=O)NCN1c1ccc(F)cc1F. The summed E-state index contributed by atoms with van der Waals surface area (Å²) in [5.74, 6) is 0.0816. The number of allylic oxidation sites excluding steroid dienone is 1. The molecule has 2 aromatic carbocycles. The van der Waals surface area contributed by atoms with Crippen molar-refractivity contribution in [1.82, 2.24) is 15.6 Å². The van der Waals surface area contributed by atoms with Gasteiger partial charge in [-0.05, 0) is 63.5 Å². The highest BCUT2D eigenvalue weighted by atomic mass is 19.2. The summed E-state index contributed by atoms with van der Waals surface area (Å²) >= 11 is 0. The van der Waals surface area contributed by atoms with E-state index in [9.17, 15) is 26.7 Å². The predicted molar refractivity (Wildman–Crippen MR) is 142 cm³/mol. The molecule has 1 aromatic heterocycles. The van der Waals surface area contributed by atoms with E-state index in [-0.39, 0.29) is 24.0 Å². The van der Waals surface area contributed by atoms with Crippen molar-refractivity contribution in [3.8, 4) is 0 Å². The first kappa shape index (κ1) is 29.0. The van der Waals surface area contributed by atoms with Gasteiger partial charge in [0.25, 0.3) is 0 Å². The Morgan fingerprint density at radius 1 is 1.12 bits per heavy atom. The van der Waals surface area contributed by atoms with Gasteiger partial charge in [0.05, 0.1) is 23.7 Å². The number of aromatic nitrogens is 1. The Bertz CT molecular complexity index is 1370. The topological polar surface area (TPSA) is 86.5 Å². The molecule has 2 heterocycles. The minimum atomic E-state index is -1.60. The molecule has 0 bridgehead atoms. The van der Waals surface area contributed by atoms with Gasteiger partial charge in [-0.3, -0.25) is 14.8 Å². The fraction of sp³-hybridized carbons (Fsp3) is 0.286. The Kier molecular flexibility index (Phi) is 9.00. The first-order chi connectivity index (χ1) is 19.2. The number of benzene rings is 2. The molecule has 1 amide bonds. The van der Waals surface area contributed by atoms with Crippen LogP contribution in [0.15, 0.2) is 60.9 Å². The van der Waals surface area contributed by atoms with Gasteiger partial charge in [-0.15, -0.1) is 0 Å². The van der Waals surface area contributed by atoms with Crippen molar-refractivity contribution in [3.05, 3.63) is 95.6 Å². The van der Waals surface area contributed by atoms with E-state index in [1.807, 2.05) is 0 Å². The van der Waals surface area contributed by atoms with Gasteiger partial charge in [0.2, 0.25) is 5.91 Å². The van der Waals surface area contributed by atoms with Gasteiger partial charge in [0.1, 0.15) is 17.2 Å². The molecule has 4 N–H and O–H groups in total. The molecule has 0 aliphatic carbocycles. The molecule has 12 heteroatoms. The zero-order chi connectivity index (χ0) is 28.9. The van der Waals surface area contributed by atoms with E-state index in [4.69, 9.17) is 5.84 Å². The van der Waals surface area contributed by atoms with E-state index in [0.29, 0.717) is 43.5 Å². The summed E-state index contributed by atoms with van der Waals surface area (Å²) in [4.78, 5) is 18.9. The summed E-state index contributed by atoms with van der Waals surface area (Å²) in [6.45, 7) is 0.516. The highest BCUT2D eigenvalue weighted by Gasteiger charge is 2.48. The number of hydrogen-bond donors (Lipinski definition) is 3. The first-order valence-corrected chi connectivity index (χ1v) is 12.6. The van der Waals surface area contributed by atoms with Gasteiger partial charge in [-0.25, -0.2) is 27.8 Å². The van der Waals surface area contributed by atoms with Crippen LogP contribution in [0.4, 0.5) is 33.3 Å². The van der Waals surface area contributed by atoms with E-state index in [1.165, 1.54) is 12.3 Å². The fourth-order valence-corrected chi connectivity index (χ4v) is 4.88. The smallest absolute Gasteiger partial charge is 0.247 e. The molecule has 40 heavy (non-hydrogen) atoms. The number of nitrogens with zero attached hydrogens (tertiary/aromatic N) is 3. The Labute approximate surface area is 228 Å². The van der Waals surface area contributed by atoms with Crippen LogP contribution >= 0.6 is 0 Å². The standard InChI is InChI=1S/C28H29F5N6O/c1-35-12-10-28(27(40)37-17-38(28)25-8-7-19(29)13-21(25)30)9-3-2-6-24(18-5-4-11-36-16-18)39(34)20-14-22(31)26(33)23(32)15-20/h4-8,11,13-16,35H,2-3,9-10,12,17,34H2,1H3,(H,37,40)/b24-6-. The number of hydrazine groups is 1. The second kappa shape index (κ2) is 12.4. The maximum absolute atomic E-state index is 14.8. The highest BCUT2D eigenvalue weighted by molar-refractivity contribution is 5.93. The van der Waals surface area contributed by atoms with Crippen molar-refractivity contribution in [3.63, 3.8) is 0 Å². The number of nitrogens with two attached hydrogens (primary N) is 1. The van der Waals surface area contributed by atoms with E-state index in [2.05, 4.69) is 15.6 Å². The molecule has 0 spiro atoms. The van der Waals surface area contributed by atoms with E-state index in [1.54, 1.807) is 36.4 Å². The summed E-state index contributed by atoms with van der Waals surface area (Å²) in [5, 5.41) is 6.84. The van der Waals surface area contributed by atoms with Crippen LogP contribution in [0, 0.1) is 29.1 Å². The van der Waals surface area contributed by atoms with Gasteiger partial charge in [0, 0.05) is 36.2 Å². The molecule has 0 radical (unpaired) electrons. The molecular weight excluding hydrogens is 531 g/mol. The molecule has 4 rings (SSSR count). The summed E-state index contributed by atoms with van der Waals surface area (Å²) < 4.78 is 69.7. The lowest BCUT2D eigenvalue weighted by molar-refractivity contribution is -0.124. The Morgan fingerprint density at radius 2 is 1.88 bits per heavy atom. The Morgan fingerprint density at radius 3 is 2.52 bits per heavy atom. The Hall–Kier alpha value is -4.03. The average molecular weight is 561 g/mol. The molecular formula is C28H29F5N6O. The number of hydrogen-bond acceptors (Lipinski definition) is 6. The number of rotatable bonds is 11. The lowest BCUT2D eigenvalue weighted by atomic mass is 9.86. The number of carbonyl (C=O) groups is 1. The number of nitrogens with one attached hydrogen (secondary N) is 2. The second-order valence-electron chi connectivity index (χ2n) is 9.39. The molecule has 7 nitrogen and oxygen atoms in total. The predicted octanol–water partition coefficient (Wildman–Crippen LogP) is 4.61. The van der Waals surface area contributed by atoms with Gasteiger partial charge in [0.15, 0.2) is 17.5 Å². The van der Waals surface area contributed by atoms with Crippen LogP contribution < -0.4 is 26.4 Å². The normalized spacial score (nSPS) is 17.3. The van der Waals surface area contributed by atoms with Crippen LogP contribution in [-0.4, -0.2) is 36.7 Å². The molecule has 3 aromatic rings. The van der Waals surface area contributed by atoms with Crippen LogP contribution in [0.25, 0.3) is 5.70 Å². The monoisotopic (exact) mass is 560 g/mol. The first-order valence-electron chi connectivity index (χ1n) is 12.6. The molecule has 1 aliphatic rings. The van der Waals surface area contributed by atoms with Crippen LogP contribution in [0.2, 0.25) is 0 Å². The van der Waals surface area contributed by atoms with Crippen LogP contribution in [-0.2, 0) is 4.79 Å². The maximum Gasteiger partial charge on any atom is 0.247 e. The number of pyridine rings is 1. The van der Waals surface area contributed by atoms with Crippen molar-refractivity contribution >= 4 is 23.0 Å². The van der Waals surface area contributed by atoms with Crippen molar-refractivity contribution in [2.45, 2.75) is 31.2 Å². The van der Waals surface area contributed by atoms with Crippen LogP contribution in [0.3, 0.4) is 0 Å². The van der Waals surface area contributed by atoms with Crippen molar-refractivity contribution < 1.29 is 26.7 Å².